The molecule has 3 aliphatic rings. The van der Waals surface area contributed by atoms with Gasteiger partial charge < -0.3 is 10.2 Å². The number of aryl methyl sites for hydroxylation is 2. The van der Waals surface area contributed by atoms with Crippen LogP contribution in [0.15, 0.2) is 72.9 Å². The number of hydrogen-bond donors (Lipinski definition) is 1. The Balaban J connectivity index is 1.42. The lowest BCUT2D eigenvalue weighted by atomic mass is 9.84. The summed E-state index contributed by atoms with van der Waals surface area (Å²) in [5, 5.41) is 2.58. The topological polar surface area (TPSA) is 69.7 Å². The molecule has 4 atom stereocenters. The van der Waals surface area contributed by atoms with E-state index in [9.17, 15) is 27.6 Å². The number of alkyl halides is 3. The maximum absolute atomic E-state index is 13.9. The third kappa shape index (κ3) is 3.91. The molecule has 3 aromatic carbocycles. The van der Waals surface area contributed by atoms with Crippen molar-refractivity contribution in [1.29, 1.82) is 0 Å². The highest BCUT2D eigenvalue weighted by molar-refractivity contribution is 6.24. The van der Waals surface area contributed by atoms with Crippen molar-refractivity contribution < 1.29 is 27.6 Å². The van der Waals surface area contributed by atoms with Gasteiger partial charge in [0.2, 0.25) is 17.7 Å². The molecule has 0 saturated carbocycles. The van der Waals surface area contributed by atoms with Gasteiger partial charge in [-0.15, -0.1) is 0 Å². The number of carbonyl (C=O) groups is 3. The molecule has 1 N–H and O–H groups in total. The highest BCUT2D eigenvalue weighted by atomic mass is 19.4. The zero-order chi connectivity index (χ0) is 27.6. The maximum Gasteiger partial charge on any atom is 0.416 e. The standard InChI is InChI=1S/C30H24F3N3O3/c1-16-10-11-21(14-17(16)2)36-28(38)23-24(29(36)39)26(35-13-12-18-6-3-4-9-22(18)25(23)35)27(37)34-20-8-5-7-19(15-20)30(31,32)33/h3-15,23-26H,1-2H3,(H,34,37)/t23-,24+,25?,26-/m0/s1. The summed E-state index contributed by atoms with van der Waals surface area (Å²) in [5.74, 6) is -3.42. The summed E-state index contributed by atoms with van der Waals surface area (Å²) >= 11 is 0. The number of amides is 3. The van der Waals surface area contributed by atoms with E-state index in [0.29, 0.717) is 5.69 Å². The first kappa shape index (κ1) is 24.9. The van der Waals surface area contributed by atoms with Crippen LogP contribution >= 0.6 is 0 Å². The molecule has 9 heteroatoms. The van der Waals surface area contributed by atoms with Gasteiger partial charge in [0, 0.05) is 11.9 Å². The summed E-state index contributed by atoms with van der Waals surface area (Å²) < 4.78 is 39.8. The molecule has 0 aliphatic carbocycles. The summed E-state index contributed by atoms with van der Waals surface area (Å²) in [5.41, 5.74) is 3.10. The minimum Gasteiger partial charge on any atom is -0.357 e. The van der Waals surface area contributed by atoms with Crippen molar-refractivity contribution >= 4 is 35.2 Å². The minimum atomic E-state index is -4.58. The third-order valence-electron chi connectivity index (χ3n) is 7.94. The number of benzene rings is 3. The van der Waals surface area contributed by atoms with Gasteiger partial charge in [0.15, 0.2) is 0 Å². The van der Waals surface area contributed by atoms with Crippen molar-refractivity contribution in [3.05, 3.63) is 101 Å². The van der Waals surface area contributed by atoms with Crippen LogP contribution in [0.1, 0.15) is 33.9 Å². The number of halogens is 3. The zero-order valence-electron chi connectivity index (χ0n) is 21.1. The monoisotopic (exact) mass is 531 g/mol. The fourth-order valence-corrected chi connectivity index (χ4v) is 5.97. The Bertz CT molecular complexity index is 1560. The minimum absolute atomic E-state index is 0.0426. The highest BCUT2D eigenvalue weighted by Gasteiger charge is 2.64. The first-order valence-corrected chi connectivity index (χ1v) is 12.5. The summed E-state index contributed by atoms with van der Waals surface area (Å²) in [4.78, 5) is 44.5. The van der Waals surface area contributed by atoms with Gasteiger partial charge in [-0.25, -0.2) is 4.90 Å². The molecule has 3 amide bonds. The van der Waals surface area contributed by atoms with Crippen molar-refractivity contribution in [2.75, 3.05) is 10.2 Å². The lowest BCUT2D eigenvalue weighted by Crippen LogP contribution is -2.46. The smallest absolute Gasteiger partial charge is 0.357 e. The van der Waals surface area contributed by atoms with Crippen LogP contribution < -0.4 is 10.2 Å². The van der Waals surface area contributed by atoms with Crippen molar-refractivity contribution in [3.63, 3.8) is 0 Å². The van der Waals surface area contributed by atoms with Crippen molar-refractivity contribution in [3.8, 4) is 0 Å². The van der Waals surface area contributed by atoms with Crippen LogP contribution in [0.5, 0.6) is 0 Å². The molecule has 0 bridgehead atoms. The van der Waals surface area contributed by atoms with Gasteiger partial charge in [0.1, 0.15) is 6.04 Å². The van der Waals surface area contributed by atoms with E-state index in [2.05, 4.69) is 5.32 Å². The second-order valence-electron chi connectivity index (χ2n) is 10.2. The molecule has 0 aromatic heterocycles. The molecule has 3 aliphatic heterocycles. The average Bonchev–Trinajstić information content (AvgIpc) is 3.38. The van der Waals surface area contributed by atoms with E-state index in [-0.39, 0.29) is 5.69 Å². The van der Waals surface area contributed by atoms with Crippen LogP contribution in [0.2, 0.25) is 0 Å². The molecule has 6 rings (SSSR count). The number of carbonyl (C=O) groups excluding carboxylic acids is 3. The van der Waals surface area contributed by atoms with Gasteiger partial charge in [-0.3, -0.25) is 14.4 Å². The fourth-order valence-electron chi connectivity index (χ4n) is 5.97. The van der Waals surface area contributed by atoms with Crippen LogP contribution in [-0.4, -0.2) is 28.7 Å². The largest absolute Gasteiger partial charge is 0.416 e. The van der Waals surface area contributed by atoms with Crippen LogP contribution in [0.25, 0.3) is 6.08 Å². The fraction of sp³-hybridized carbons (Fsp3) is 0.233. The summed E-state index contributed by atoms with van der Waals surface area (Å²) in [6, 6.07) is 15.5. The number of imide groups is 1. The van der Waals surface area contributed by atoms with Crippen molar-refractivity contribution in [2.24, 2.45) is 11.8 Å². The van der Waals surface area contributed by atoms with E-state index < -0.39 is 53.4 Å². The molecular weight excluding hydrogens is 507 g/mol. The molecule has 198 valence electrons. The Kier molecular flexibility index (Phi) is 5.64. The normalized spacial score (nSPS) is 23.5. The van der Waals surface area contributed by atoms with Gasteiger partial charge in [-0.05, 0) is 72.5 Å². The SMILES string of the molecule is Cc1ccc(N2C(=O)[C@@H]3[C@H](C2=O)C2c4ccccc4C=CN2[C@@H]3C(=O)Nc2cccc(C(F)(F)F)c2)cc1C. The number of fused-ring (bicyclic) bond motifs is 5. The van der Waals surface area contributed by atoms with Crippen molar-refractivity contribution in [2.45, 2.75) is 32.1 Å². The molecule has 3 heterocycles. The van der Waals surface area contributed by atoms with Crippen LogP contribution in [0.4, 0.5) is 24.5 Å². The Morgan fingerprint density at radius 1 is 0.872 bits per heavy atom. The first-order chi connectivity index (χ1) is 18.6. The molecule has 0 spiro atoms. The second-order valence-corrected chi connectivity index (χ2v) is 10.2. The lowest BCUT2D eigenvalue weighted by Gasteiger charge is -2.35. The van der Waals surface area contributed by atoms with Gasteiger partial charge >= 0.3 is 6.18 Å². The summed E-state index contributed by atoms with van der Waals surface area (Å²) in [6.07, 6.45) is -1.07. The lowest BCUT2D eigenvalue weighted by molar-refractivity contribution is -0.137. The molecule has 6 nitrogen and oxygen atoms in total. The molecular formula is C30H24F3N3O3. The predicted molar refractivity (Wildman–Crippen MR) is 139 cm³/mol. The van der Waals surface area contributed by atoms with Crippen LogP contribution in [0.3, 0.4) is 0 Å². The maximum atomic E-state index is 13.9. The molecule has 2 fully saturated rings. The summed E-state index contributed by atoms with van der Waals surface area (Å²) in [7, 11) is 0. The summed E-state index contributed by atoms with van der Waals surface area (Å²) in [6.45, 7) is 3.82. The molecule has 1 unspecified atom stereocenters. The van der Waals surface area contributed by atoms with Gasteiger partial charge in [0.25, 0.3) is 0 Å². The first-order valence-electron chi connectivity index (χ1n) is 12.5. The van der Waals surface area contributed by atoms with E-state index in [1.807, 2.05) is 50.3 Å². The van der Waals surface area contributed by atoms with E-state index in [1.165, 1.54) is 12.1 Å². The Morgan fingerprint density at radius 3 is 2.36 bits per heavy atom. The van der Waals surface area contributed by atoms with Gasteiger partial charge in [-0.1, -0.05) is 36.4 Å². The number of rotatable bonds is 3. The number of nitrogens with zero attached hydrogens (tertiary/aromatic N) is 2. The predicted octanol–water partition coefficient (Wildman–Crippen LogP) is 5.48. The van der Waals surface area contributed by atoms with Crippen molar-refractivity contribution in [1.82, 2.24) is 4.90 Å². The Labute approximate surface area is 222 Å². The Hall–Kier alpha value is -4.40. The van der Waals surface area contributed by atoms with Crippen LogP contribution in [-0.2, 0) is 20.6 Å². The van der Waals surface area contributed by atoms with Gasteiger partial charge in [0.05, 0.1) is 29.1 Å². The number of nitrogens with one attached hydrogen (secondary N) is 1. The number of anilines is 2. The van der Waals surface area contributed by atoms with E-state index in [4.69, 9.17) is 0 Å². The van der Waals surface area contributed by atoms with E-state index in [0.717, 1.165) is 39.3 Å². The quantitative estimate of drug-likeness (QED) is 0.455. The Morgan fingerprint density at radius 2 is 1.62 bits per heavy atom. The molecule has 3 aromatic rings. The average molecular weight is 532 g/mol. The third-order valence-corrected chi connectivity index (χ3v) is 7.94. The van der Waals surface area contributed by atoms with Gasteiger partial charge in [-0.2, -0.15) is 13.2 Å². The second kappa shape index (κ2) is 8.83. The van der Waals surface area contributed by atoms with Crippen LogP contribution in [0, 0.1) is 25.7 Å². The highest BCUT2D eigenvalue weighted by Crippen LogP contribution is 2.53. The molecule has 2 saturated heterocycles. The molecule has 39 heavy (non-hydrogen) atoms. The molecule has 0 radical (unpaired) electrons. The zero-order valence-corrected chi connectivity index (χ0v) is 21.1. The number of hydrogen-bond acceptors (Lipinski definition) is 4. The van der Waals surface area contributed by atoms with E-state index >= 15 is 0 Å². The van der Waals surface area contributed by atoms with E-state index in [1.54, 1.807) is 23.2 Å².